The first-order valence-corrected chi connectivity index (χ1v) is 11.1. The largest absolute Gasteiger partial charge is 0.390 e. The van der Waals surface area contributed by atoms with Crippen LogP contribution < -0.4 is 10.2 Å². The van der Waals surface area contributed by atoms with Gasteiger partial charge in [0.2, 0.25) is 0 Å². The lowest BCUT2D eigenvalue weighted by Crippen LogP contribution is -2.23. The van der Waals surface area contributed by atoms with Gasteiger partial charge in [0, 0.05) is 31.1 Å². The van der Waals surface area contributed by atoms with Crippen LogP contribution in [0.2, 0.25) is 0 Å². The van der Waals surface area contributed by atoms with Crippen LogP contribution in [0, 0.1) is 19.7 Å². The van der Waals surface area contributed by atoms with Gasteiger partial charge < -0.3 is 20.1 Å². The number of halogens is 3. The van der Waals surface area contributed by atoms with E-state index in [4.69, 9.17) is 14.8 Å². The Balaban J connectivity index is 1.72. The number of nitrogens with zero attached hydrogens (tertiary/aromatic N) is 4. The highest BCUT2D eigenvalue weighted by molar-refractivity contribution is 5.93. The Morgan fingerprint density at radius 1 is 1.26 bits per heavy atom. The Bertz CT molecular complexity index is 1210. The van der Waals surface area contributed by atoms with Gasteiger partial charge in [-0.2, -0.15) is 13.9 Å². The summed E-state index contributed by atoms with van der Waals surface area (Å²) in [6, 6.07) is 5.03. The summed E-state index contributed by atoms with van der Waals surface area (Å²) >= 11 is 0. The van der Waals surface area contributed by atoms with E-state index in [0.717, 1.165) is 37.0 Å². The number of ether oxygens (including phenoxy) is 1. The van der Waals surface area contributed by atoms with Gasteiger partial charge in [0.15, 0.2) is 5.82 Å². The molecule has 182 valence electrons. The topological polar surface area (TPSA) is 83.4 Å². The monoisotopic (exact) mass is 475 g/mol. The summed E-state index contributed by atoms with van der Waals surface area (Å²) in [7, 11) is 1.70. The normalized spacial score (nSPS) is 17.4. The third-order valence-corrected chi connectivity index (χ3v) is 6.34. The minimum absolute atomic E-state index is 0.0314. The minimum Gasteiger partial charge on any atom is -0.390 e. The zero-order valence-electron chi connectivity index (χ0n) is 19.6. The quantitative estimate of drug-likeness (QED) is 0.528. The molecule has 1 fully saturated rings. The van der Waals surface area contributed by atoms with E-state index in [2.05, 4.69) is 20.4 Å². The van der Waals surface area contributed by atoms with Crippen LogP contribution >= 0.6 is 0 Å². The fourth-order valence-corrected chi connectivity index (χ4v) is 4.38. The molecule has 2 aromatic heterocycles. The summed E-state index contributed by atoms with van der Waals surface area (Å²) in [6.45, 7) is 5.51. The van der Waals surface area contributed by atoms with E-state index < -0.39 is 30.0 Å². The van der Waals surface area contributed by atoms with Crippen LogP contribution in [0.5, 0.6) is 0 Å². The summed E-state index contributed by atoms with van der Waals surface area (Å²) in [4.78, 5) is 6.97. The number of aromatic nitrogens is 3. The molecule has 3 aromatic rings. The number of aryl methyl sites for hydroxylation is 2. The molecule has 0 radical (unpaired) electrons. The van der Waals surface area contributed by atoms with Crippen molar-refractivity contribution in [2.45, 2.75) is 45.3 Å². The first kappa shape index (κ1) is 24.2. The van der Waals surface area contributed by atoms with Crippen molar-refractivity contribution < 1.29 is 23.0 Å². The lowest BCUT2D eigenvalue weighted by molar-refractivity contribution is -0.0583. The molecular weight excluding hydrogens is 447 g/mol. The molecule has 2 N–H and O–H groups in total. The van der Waals surface area contributed by atoms with E-state index in [0.29, 0.717) is 22.4 Å². The molecule has 3 heterocycles. The highest BCUT2D eigenvalue weighted by Crippen LogP contribution is 2.35. The van der Waals surface area contributed by atoms with E-state index in [9.17, 15) is 13.2 Å². The Hall–Kier alpha value is -2.98. The average molecular weight is 476 g/mol. The van der Waals surface area contributed by atoms with Crippen LogP contribution in [0.1, 0.15) is 41.9 Å². The maximum absolute atomic E-state index is 15.0. The van der Waals surface area contributed by atoms with Gasteiger partial charge in [0.1, 0.15) is 12.4 Å². The highest BCUT2D eigenvalue weighted by Gasteiger charge is 2.35. The number of aliphatic hydroxyl groups excluding tert-OH is 1. The lowest BCUT2D eigenvalue weighted by Gasteiger charge is -2.23. The number of alkyl halides is 2. The van der Waals surface area contributed by atoms with Crippen LogP contribution in [0.3, 0.4) is 0 Å². The Morgan fingerprint density at radius 3 is 2.71 bits per heavy atom. The molecule has 2 atom stereocenters. The van der Waals surface area contributed by atoms with Crippen molar-refractivity contribution in [2.24, 2.45) is 0 Å². The summed E-state index contributed by atoms with van der Waals surface area (Å²) in [6.07, 6.45) is 1.06. The molecule has 0 saturated carbocycles. The van der Waals surface area contributed by atoms with Crippen LogP contribution in [0.4, 0.5) is 24.7 Å². The number of rotatable bonds is 7. The molecule has 34 heavy (non-hydrogen) atoms. The first-order chi connectivity index (χ1) is 16.2. The fraction of sp³-hybridized carbons (Fsp3) is 0.458. The molecule has 0 bridgehead atoms. The number of fused-ring (bicyclic) bond motifs is 1. The summed E-state index contributed by atoms with van der Waals surface area (Å²) in [5.74, 6) is -4.37. The zero-order valence-corrected chi connectivity index (χ0v) is 19.6. The molecule has 0 aliphatic carbocycles. The molecule has 0 spiro atoms. The molecule has 1 aliphatic heterocycles. The Labute approximate surface area is 196 Å². The predicted molar refractivity (Wildman–Crippen MR) is 124 cm³/mol. The number of pyridine rings is 1. The molecule has 0 unspecified atom stereocenters. The lowest BCUT2D eigenvalue weighted by atomic mass is 10.00. The van der Waals surface area contributed by atoms with Gasteiger partial charge in [-0.1, -0.05) is 12.1 Å². The Morgan fingerprint density at radius 2 is 2.03 bits per heavy atom. The molecule has 1 aliphatic rings. The summed E-state index contributed by atoms with van der Waals surface area (Å²) in [5.41, 5.74) is 2.30. The van der Waals surface area contributed by atoms with E-state index in [1.807, 2.05) is 19.9 Å². The SMILES string of the molecule is CO[C@H]1CCN(c2cc3c(N[C@H](C)c4cccc(C(F)(F)CO)c4F)nnc(C)c3nc2C)C1. The van der Waals surface area contributed by atoms with E-state index in [-0.39, 0.29) is 11.7 Å². The molecule has 1 saturated heterocycles. The van der Waals surface area contributed by atoms with Gasteiger partial charge >= 0.3 is 0 Å². The van der Waals surface area contributed by atoms with Crippen LogP contribution in [0.15, 0.2) is 24.3 Å². The second-order valence-corrected chi connectivity index (χ2v) is 8.65. The number of hydrogen-bond acceptors (Lipinski definition) is 7. The second kappa shape index (κ2) is 9.34. The first-order valence-electron chi connectivity index (χ1n) is 11.1. The summed E-state index contributed by atoms with van der Waals surface area (Å²) in [5, 5.41) is 21.3. The van der Waals surface area contributed by atoms with Gasteiger partial charge in [0.25, 0.3) is 5.92 Å². The highest BCUT2D eigenvalue weighted by atomic mass is 19.3. The number of aliphatic hydroxyl groups is 1. The molecular formula is C24H28F3N5O2. The number of nitrogens with one attached hydrogen (secondary N) is 1. The zero-order chi connectivity index (χ0) is 24.6. The molecule has 0 amide bonds. The van der Waals surface area contributed by atoms with Crippen molar-refractivity contribution in [2.75, 3.05) is 37.0 Å². The van der Waals surface area contributed by atoms with Crippen LogP contribution in [-0.4, -0.2) is 53.2 Å². The van der Waals surface area contributed by atoms with Crippen molar-refractivity contribution in [3.63, 3.8) is 0 Å². The summed E-state index contributed by atoms with van der Waals surface area (Å²) < 4.78 is 48.5. The third kappa shape index (κ3) is 4.39. The second-order valence-electron chi connectivity index (χ2n) is 8.65. The number of anilines is 2. The van der Waals surface area contributed by atoms with E-state index in [1.54, 1.807) is 14.0 Å². The van der Waals surface area contributed by atoms with Gasteiger partial charge in [0.05, 0.1) is 40.3 Å². The predicted octanol–water partition coefficient (Wildman–Crippen LogP) is 4.26. The van der Waals surface area contributed by atoms with Crippen LogP contribution in [0.25, 0.3) is 10.9 Å². The van der Waals surface area contributed by atoms with Crippen molar-refractivity contribution in [3.05, 3.63) is 52.6 Å². The fourth-order valence-electron chi connectivity index (χ4n) is 4.38. The third-order valence-electron chi connectivity index (χ3n) is 6.34. The van der Waals surface area contributed by atoms with E-state index >= 15 is 0 Å². The minimum atomic E-state index is -3.68. The van der Waals surface area contributed by atoms with Gasteiger partial charge in [-0.15, -0.1) is 5.10 Å². The van der Waals surface area contributed by atoms with Crippen molar-refractivity contribution in [3.8, 4) is 0 Å². The van der Waals surface area contributed by atoms with Gasteiger partial charge in [-0.3, -0.25) is 0 Å². The number of hydrogen-bond donors (Lipinski definition) is 2. The Kier molecular flexibility index (Phi) is 6.64. The maximum atomic E-state index is 15.0. The molecule has 10 heteroatoms. The van der Waals surface area contributed by atoms with Crippen molar-refractivity contribution in [1.82, 2.24) is 15.2 Å². The van der Waals surface area contributed by atoms with Gasteiger partial charge in [-0.05, 0) is 39.3 Å². The van der Waals surface area contributed by atoms with Crippen LogP contribution in [-0.2, 0) is 10.7 Å². The number of benzene rings is 1. The standard InChI is InChI=1S/C24H28F3N5O2/c1-13(17-6-5-7-19(21(17)25)24(26,27)12-33)29-23-18-10-20(32-9-8-16(11-32)34-4)14(2)28-22(18)15(3)30-31-23/h5-7,10,13,16,33H,8-9,11-12H2,1-4H3,(H,29,31)/t13-,16+/m1/s1. The molecule has 7 nitrogen and oxygen atoms in total. The maximum Gasteiger partial charge on any atom is 0.298 e. The van der Waals surface area contributed by atoms with Crippen molar-refractivity contribution >= 4 is 22.4 Å². The number of methoxy groups -OCH3 is 1. The molecule has 1 aromatic carbocycles. The average Bonchev–Trinajstić information content (AvgIpc) is 3.30. The van der Waals surface area contributed by atoms with E-state index in [1.165, 1.54) is 12.1 Å². The van der Waals surface area contributed by atoms with Gasteiger partial charge in [-0.25, -0.2) is 9.37 Å². The smallest absolute Gasteiger partial charge is 0.298 e. The van der Waals surface area contributed by atoms with Crippen molar-refractivity contribution in [1.29, 1.82) is 0 Å². The molecule has 4 rings (SSSR count).